The van der Waals surface area contributed by atoms with Crippen molar-refractivity contribution in [1.82, 2.24) is 4.57 Å². The van der Waals surface area contributed by atoms with E-state index in [0.29, 0.717) is 60.2 Å². The molecule has 0 radical (unpaired) electrons. The highest BCUT2D eigenvalue weighted by Gasteiger charge is 2.34. The minimum atomic E-state index is -0.798. The SMILES string of the molecule is CCOC(=O)C1=C(C)N=c2s/c(=C\c3cc(Br)c(OCc4cccc5ccccc45)c(OC)c3)c(=O)n2[C@H]1c1ccc(OC)c(OC)c1. The Labute approximate surface area is 289 Å². The maximum absolute atomic E-state index is 14.2. The molecule has 1 aliphatic rings. The van der Waals surface area contributed by atoms with Crippen LogP contribution in [-0.4, -0.2) is 38.5 Å². The standard InChI is InChI=1S/C37H33BrN2O7S/c1-6-46-36(42)32-21(2)39-37-40(33(32)24-14-15-28(43-3)29(19-24)44-4)35(41)31(48-37)18-22-16-27(38)34(30(17-22)45-5)47-20-25-12-9-11-23-10-7-8-13-26(23)25/h7-19,33H,6,20H2,1-5H3/b31-18-/t33-/m0/s1. The number of esters is 1. The van der Waals surface area contributed by atoms with Crippen molar-refractivity contribution in [2.75, 3.05) is 27.9 Å². The second-order valence-electron chi connectivity index (χ2n) is 10.9. The minimum absolute atomic E-state index is 0.178. The molecule has 6 rings (SSSR count). The van der Waals surface area contributed by atoms with Crippen molar-refractivity contribution in [2.45, 2.75) is 26.5 Å². The van der Waals surface area contributed by atoms with Crippen LogP contribution in [0.1, 0.15) is 36.6 Å². The normalized spacial score (nSPS) is 14.4. The summed E-state index contributed by atoms with van der Waals surface area (Å²) in [6, 6.07) is 22.5. The molecule has 0 saturated heterocycles. The fraction of sp³-hybridized carbons (Fsp3) is 0.216. The first-order valence-corrected chi connectivity index (χ1v) is 16.8. The number of ether oxygens (including phenoxy) is 5. The van der Waals surface area contributed by atoms with Crippen LogP contribution in [0.5, 0.6) is 23.0 Å². The lowest BCUT2D eigenvalue weighted by molar-refractivity contribution is -0.139. The van der Waals surface area contributed by atoms with E-state index >= 15 is 0 Å². The van der Waals surface area contributed by atoms with E-state index in [1.807, 2.05) is 36.4 Å². The van der Waals surface area contributed by atoms with E-state index < -0.39 is 12.0 Å². The lowest BCUT2D eigenvalue weighted by Crippen LogP contribution is -2.40. The van der Waals surface area contributed by atoms with Gasteiger partial charge in [-0.1, -0.05) is 59.9 Å². The van der Waals surface area contributed by atoms with Crippen LogP contribution < -0.4 is 33.8 Å². The van der Waals surface area contributed by atoms with Gasteiger partial charge in [-0.25, -0.2) is 9.79 Å². The molecule has 4 aromatic carbocycles. The zero-order valence-corrected chi connectivity index (χ0v) is 29.4. The zero-order valence-electron chi connectivity index (χ0n) is 27.0. The van der Waals surface area contributed by atoms with Gasteiger partial charge in [-0.2, -0.15) is 0 Å². The third-order valence-corrected chi connectivity index (χ3v) is 9.61. The van der Waals surface area contributed by atoms with Crippen molar-refractivity contribution in [2.24, 2.45) is 4.99 Å². The van der Waals surface area contributed by atoms with Crippen LogP contribution in [-0.2, 0) is 16.1 Å². The number of rotatable bonds is 10. The van der Waals surface area contributed by atoms with Crippen LogP contribution in [0.15, 0.2) is 98.3 Å². The number of halogens is 1. The van der Waals surface area contributed by atoms with E-state index in [1.165, 1.54) is 23.0 Å². The molecule has 9 nitrogen and oxygen atoms in total. The van der Waals surface area contributed by atoms with E-state index in [-0.39, 0.29) is 17.7 Å². The molecule has 246 valence electrons. The summed E-state index contributed by atoms with van der Waals surface area (Å²) in [4.78, 5) is 32.6. The third-order valence-electron chi connectivity index (χ3n) is 8.04. The summed E-state index contributed by atoms with van der Waals surface area (Å²) >= 11 is 4.89. The molecule has 0 aliphatic carbocycles. The van der Waals surface area contributed by atoms with E-state index in [9.17, 15) is 9.59 Å². The van der Waals surface area contributed by atoms with Crippen LogP contribution in [0.25, 0.3) is 16.8 Å². The highest BCUT2D eigenvalue weighted by atomic mass is 79.9. The van der Waals surface area contributed by atoms with Gasteiger partial charge in [0.1, 0.15) is 6.61 Å². The molecular weight excluding hydrogens is 696 g/mol. The van der Waals surface area contributed by atoms with Crippen LogP contribution in [0, 0.1) is 0 Å². The van der Waals surface area contributed by atoms with Gasteiger partial charge in [0, 0.05) is 0 Å². The Morgan fingerprint density at radius 3 is 2.46 bits per heavy atom. The van der Waals surface area contributed by atoms with E-state index in [1.54, 1.807) is 52.3 Å². The number of carbonyl (C=O) groups is 1. The number of allylic oxidation sites excluding steroid dienone is 1. The second-order valence-corrected chi connectivity index (χ2v) is 12.7. The number of thiazole rings is 1. The quantitative estimate of drug-likeness (QED) is 0.155. The summed E-state index contributed by atoms with van der Waals surface area (Å²) in [6.45, 7) is 4.00. The van der Waals surface area contributed by atoms with Gasteiger partial charge in [-0.3, -0.25) is 9.36 Å². The van der Waals surface area contributed by atoms with Crippen LogP contribution >= 0.6 is 27.3 Å². The van der Waals surface area contributed by atoms with Crippen LogP contribution in [0.4, 0.5) is 0 Å². The molecule has 0 saturated carbocycles. The van der Waals surface area contributed by atoms with Gasteiger partial charge in [0.2, 0.25) is 0 Å². The summed E-state index contributed by atoms with van der Waals surface area (Å²) in [6.07, 6.45) is 1.78. The summed E-state index contributed by atoms with van der Waals surface area (Å²) in [5, 5.41) is 2.26. The first-order chi connectivity index (χ1) is 23.3. The lowest BCUT2D eigenvalue weighted by Gasteiger charge is -2.25. The molecule has 2 heterocycles. The molecule has 1 aliphatic heterocycles. The Balaban J connectivity index is 1.41. The molecule has 0 N–H and O–H groups in total. The third kappa shape index (κ3) is 6.23. The number of carbonyl (C=O) groups excluding carboxylic acids is 1. The molecule has 0 unspecified atom stereocenters. The number of hydrogen-bond donors (Lipinski definition) is 0. The Hall–Kier alpha value is -4.87. The Kier molecular flexibility index (Phi) is 9.70. The number of hydrogen-bond acceptors (Lipinski definition) is 9. The molecular formula is C37H33BrN2O7S. The van der Waals surface area contributed by atoms with E-state index in [4.69, 9.17) is 23.7 Å². The smallest absolute Gasteiger partial charge is 0.338 e. The summed E-state index contributed by atoms with van der Waals surface area (Å²) < 4.78 is 31.0. The largest absolute Gasteiger partial charge is 0.493 e. The molecule has 0 amide bonds. The Bertz CT molecular complexity index is 2250. The Morgan fingerprint density at radius 1 is 0.958 bits per heavy atom. The fourth-order valence-electron chi connectivity index (χ4n) is 5.81. The van der Waals surface area contributed by atoms with Crippen molar-refractivity contribution < 1.29 is 28.5 Å². The predicted octanol–water partition coefficient (Wildman–Crippen LogP) is 6.32. The second kappa shape index (κ2) is 14.1. The first kappa shape index (κ1) is 33.0. The molecule has 5 aromatic rings. The average Bonchev–Trinajstić information content (AvgIpc) is 3.39. The maximum atomic E-state index is 14.2. The topological polar surface area (TPSA) is 97.6 Å². The van der Waals surface area contributed by atoms with Gasteiger partial charge in [0.05, 0.1) is 54.3 Å². The van der Waals surface area contributed by atoms with Crippen LogP contribution in [0.2, 0.25) is 0 Å². The summed E-state index contributed by atoms with van der Waals surface area (Å²) in [5.41, 5.74) is 2.85. The zero-order chi connectivity index (χ0) is 33.9. The first-order valence-electron chi connectivity index (χ1n) is 15.2. The molecule has 0 fully saturated rings. The fourth-order valence-corrected chi connectivity index (χ4v) is 7.43. The summed E-state index contributed by atoms with van der Waals surface area (Å²) in [7, 11) is 4.66. The van der Waals surface area contributed by atoms with Crippen molar-refractivity contribution in [3.63, 3.8) is 0 Å². The van der Waals surface area contributed by atoms with Gasteiger partial charge in [-0.05, 0) is 87.6 Å². The number of methoxy groups -OCH3 is 3. The van der Waals surface area contributed by atoms with Crippen molar-refractivity contribution in [3.05, 3.63) is 125 Å². The Morgan fingerprint density at radius 2 is 1.71 bits per heavy atom. The highest BCUT2D eigenvalue weighted by Crippen LogP contribution is 2.38. The molecule has 1 aromatic heterocycles. The van der Waals surface area contributed by atoms with Gasteiger partial charge in [-0.15, -0.1) is 0 Å². The predicted molar refractivity (Wildman–Crippen MR) is 189 cm³/mol. The number of nitrogens with zero attached hydrogens (tertiary/aromatic N) is 2. The van der Waals surface area contributed by atoms with Crippen LogP contribution in [0.3, 0.4) is 0 Å². The molecule has 48 heavy (non-hydrogen) atoms. The van der Waals surface area contributed by atoms with Gasteiger partial charge < -0.3 is 23.7 Å². The van der Waals surface area contributed by atoms with Crippen molar-refractivity contribution >= 4 is 50.1 Å². The van der Waals surface area contributed by atoms with E-state index in [2.05, 4.69) is 39.1 Å². The molecule has 0 spiro atoms. The number of fused-ring (bicyclic) bond motifs is 2. The maximum Gasteiger partial charge on any atom is 0.338 e. The van der Waals surface area contributed by atoms with Gasteiger partial charge in [0.15, 0.2) is 27.8 Å². The minimum Gasteiger partial charge on any atom is -0.493 e. The average molecular weight is 730 g/mol. The van der Waals surface area contributed by atoms with Gasteiger partial charge in [0.25, 0.3) is 5.56 Å². The molecule has 1 atom stereocenters. The van der Waals surface area contributed by atoms with Gasteiger partial charge >= 0.3 is 5.97 Å². The number of aromatic nitrogens is 1. The molecule has 11 heteroatoms. The molecule has 0 bridgehead atoms. The van der Waals surface area contributed by atoms with E-state index in [0.717, 1.165) is 16.3 Å². The highest BCUT2D eigenvalue weighted by molar-refractivity contribution is 9.10. The lowest BCUT2D eigenvalue weighted by atomic mass is 9.95. The number of benzene rings is 4. The monoisotopic (exact) mass is 728 g/mol. The van der Waals surface area contributed by atoms with Crippen molar-refractivity contribution in [3.8, 4) is 23.0 Å². The summed E-state index contributed by atoms with van der Waals surface area (Å²) in [5.74, 6) is 1.51. The van der Waals surface area contributed by atoms with Crippen molar-refractivity contribution in [1.29, 1.82) is 0 Å².